The lowest BCUT2D eigenvalue weighted by molar-refractivity contribution is -0.143. The molecular weight excluding hydrogens is 664 g/mol. The van der Waals surface area contributed by atoms with Gasteiger partial charge in [-0.15, -0.1) is 0 Å². The number of alkyl halides is 1. The van der Waals surface area contributed by atoms with Crippen molar-refractivity contribution in [3.63, 3.8) is 0 Å². The Morgan fingerprint density at radius 2 is 1.70 bits per heavy atom. The van der Waals surface area contributed by atoms with Crippen molar-refractivity contribution in [2.75, 3.05) is 63.6 Å². The summed E-state index contributed by atoms with van der Waals surface area (Å²) >= 11 is 3.56. The molecule has 3 aliphatic rings. The smallest absolute Gasteiger partial charge is 0.415 e. The Balaban J connectivity index is 1.48. The Morgan fingerprint density at radius 1 is 0.978 bits per heavy atom. The molecule has 2 amide bonds. The van der Waals surface area contributed by atoms with Gasteiger partial charge < -0.3 is 43.8 Å². The van der Waals surface area contributed by atoms with Crippen molar-refractivity contribution in [2.24, 2.45) is 0 Å². The topological polar surface area (TPSA) is 149 Å². The lowest BCUT2D eigenvalue weighted by Crippen LogP contribution is -2.47. The number of methoxy groups -OCH3 is 4. The minimum Gasteiger partial charge on any atom is -0.493 e. The first-order valence-corrected chi connectivity index (χ1v) is 16.0. The van der Waals surface area contributed by atoms with Crippen LogP contribution in [0.5, 0.6) is 23.0 Å². The number of H-pyrrole nitrogens is 1. The molecule has 4 heterocycles. The van der Waals surface area contributed by atoms with Crippen molar-refractivity contribution in [3.8, 4) is 23.0 Å². The summed E-state index contributed by atoms with van der Waals surface area (Å²) < 4.78 is 27.5. The fourth-order valence-electron chi connectivity index (χ4n) is 6.61. The second-order valence-electron chi connectivity index (χ2n) is 11.6. The number of carbonyl (C=O) groups is 4. The van der Waals surface area contributed by atoms with Gasteiger partial charge in [-0.25, -0.2) is 9.59 Å². The maximum Gasteiger partial charge on any atom is 0.415 e. The number of piperidine rings is 1. The predicted molar refractivity (Wildman–Crippen MR) is 172 cm³/mol. The highest BCUT2D eigenvalue weighted by Gasteiger charge is 2.53. The Morgan fingerprint density at radius 3 is 2.33 bits per heavy atom. The molecule has 1 aromatic heterocycles. The van der Waals surface area contributed by atoms with Crippen molar-refractivity contribution < 1.29 is 42.9 Å². The number of anilines is 2. The molecule has 2 atom stereocenters. The summed E-state index contributed by atoms with van der Waals surface area (Å²) in [6, 6.07) is 5.02. The number of ketones is 1. The maximum absolute atomic E-state index is 14.3. The van der Waals surface area contributed by atoms with Crippen molar-refractivity contribution in [1.29, 1.82) is 0 Å². The van der Waals surface area contributed by atoms with Gasteiger partial charge in [0.05, 0.1) is 50.9 Å². The van der Waals surface area contributed by atoms with Gasteiger partial charge in [-0.1, -0.05) is 15.9 Å². The molecular formula is C32H35BrN4O9. The molecule has 0 saturated carbocycles. The number of esters is 1. The van der Waals surface area contributed by atoms with Gasteiger partial charge in [-0.2, -0.15) is 0 Å². The van der Waals surface area contributed by atoms with Crippen LogP contribution in [0.1, 0.15) is 58.5 Å². The minimum atomic E-state index is -1.75. The van der Waals surface area contributed by atoms with E-state index in [1.54, 1.807) is 28.0 Å². The summed E-state index contributed by atoms with van der Waals surface area (Å²) in [4.78, 5) is 60.9. The van der Waals surface area contributed by atoms with Crippen LogP contribution in [0.15, 0.2) is 18.2 Å². The summed E-state index contributed by atoms with van der Waals surface area (Å²) in [5.41, 5.74) is 0.425. The van der Waals surface area contributed by atoms with Crippen LogP contribution in [0.3, 0.4) is 0 Å². The monoisotopic (exact) mass is 698 g/mol. The normalized spacial score (nSPS) is 20.2. The first-order chi connectivity index (χ1) is 22.1. The Bertz CT molecular complexity index is 1770. The molecule has 14 heteroatoms. The SMILES string of the molecule is COC(=O)[C@]1(C)Nc2c(OC(=O)N3CCCCC3)cc3c(c2C1=O)[C@H](CBr)CN3C(=O)c1cc2cc(OC)c(OC)c(OC)c2[nH]1. The van der Waals surface area contributed by atoms with Crippen molar-refractivity contribution in [2.45, 2.75) is 37.6 Å². The lowest BCUT2D eigenvalue weighted by Gasteiger charge is -2.26. The number of likely N-dealkylation sites (tertiary alicyclic amines) is 1. The second kappa shape index (κ2) is 12.0. The maximum atomic E-state index is 14.3. The first kappa shape index (κ1) is 31.5. The number of nitrogens with zero attached hydrogens (tertiary/aromatic N) is 2. The van der Waals surface area contributed by atoms with E-state index < -0.39 is 23.4 Å². The van der Waals surface area contributed by atoms with Gasteiger partial charge in [-0.3, -0.25) is 9.59 Å². The average molecular weight is 700 g/mol. The van der Waals surface area contributed by atoms with E-state index in [9.17, 15) is 19.2 Å². The van der Waals surface area contributed by atoms with Crippen molar-refractivity contribution in [1.82, 2.24) is 9.88 Å². The van der Waals surface area contributed by atoms with E-state index in [4.69, 9.17) is 23.7 Å². The van der Waals surface area contributed by atoms with Crippen molar-refractivity contribution in [3.05, 3.63) is 35.0 Å². The molecule has 13 nitrogen and oxygen atoms in total. The number of amides is 2. The lowest BCUT2D eigenvalue weighted by atomic mass is 9.89. The fraction of sp³-hybridized carbons (Fsp3) is 0.438. The van der Waals surface area contributed by atoms with Gasteiger partial charge >= 0.3 is 12.1 Å². The highest BCUT2D eigenvalue weighted by Crippen LogP contribution is 2.52. The Kier molecular flexibility index (Phi) is 8.25. The quantitative estimate of drug-likeness (QED) is 0.199. The molecule has 2 N–H and O–H groups in total. The number of rotatable bonds is 7. The molecule has 46 heavy (non-hydrogen) atoms. The molecule has 2 aromatic carbocycles. The number of aromatic amines is 1. The van der Waals surface area contributed by atoms with Crippen molar-refractivity contribution >= 4 is 62.0 Å². The van der Waals surface area contributed by atoms with Crippen LogP contribution in [0.4, 0.5) is 16.2 Å². The second-order valence-corrected chi connectivity index (χ2v) is 12.3. The van der Waals surface area contributed by atoms with Crippen LogP contribution < -0.4 is 29.2 Å². The number of halogens is 1. The van der Waals surface area contributed by atoms with Crippen LogP contribution in [0, 0.1) is 0 Å². The zero-order valence-corrected chi connectivity index (χ0v) is 27.8. The average Bonchev–Trinajstić information content (AvgIpc) is 3.75. The number of nitrogens with one attached hydrogen (secondary N) is 2. The van der Waals surface area contributed by atoms with Gasteiger partial charge in [-0.05, 0) is 43.9 Å². The zero-order valence-electron chi connectivity index (χ0n) is 26.2. The number of fused-ring (bicyclic) bond motifs is 4. The number of Topliss-reactive ketones (excluding diaryl/α,β-unsaturated/α-hetero) is 1. The summed E-state index contributed by atoms with van der Waals surface area (Å²) in [6.45, 7) is 2.75. The number of ether oxygens (including phenoxy) is 5. The van der Waals surface area contributed by atoms with E-state index in [0.717, 1.165) is 19.3 Å². The number of benzene rings is 2. The van der Waals surface area contributed by atoms with Crippen LogP contribution in [-0.2, 0) is 9.53 Å². The largest absolute Gasteiger partial charge is 0.493 e. The molecule has 1 fully saturated rings. The third-order valence-electron chi connectivity index (χ3n) is 8.95. The van der Waals surface area contributed by atoms with E-state index in [0.29, 0.717) is 57.8 Å². The number of carbonyl (C=O) groups excluding carboxylic acids is 4. The number of hydrogen-bond acceptors (Lipinski definition) is 10. The molecule has 0 unspecified atom stereocenters. The van der Waals surface area contributed by atoms with Gasteiger partial charge in [0, 0.05) is 42.3 Å². The third kappa shape index (κ3) is 4.81. The molecule has 6 rings (SSSR count). The Hall–Kier alpha value is -4.46. The van der Waals surface area contributed by atoms with Gasteiger partial charge in [0.2, 0.25) is 11.5 Å². The summed E-state index contributed by atoms with van der Waals surface area (Å²) in [6.07, 6.45) is 2.17. The number of hydrogen-bond donors (Lipinski definition) is 2. The Labute approximate surface area is 273 Å². The molecule has 3 aliphatic heterocycles. The van der Waals surface area contributed by atoms with Gasteiger partial charge in [0.25, 0.3) is 5.91 Å². The highest BCUT2D eigenvalue weighted by molar-refractivity contribution is 9.09. The van der Waals surface area contributed by atoms with Crippen LogP contribution in [0.25, 0.3) is 10.9 Å². The first-order valence-electron chi connectivity index (χ1n) is 14.9. The molecule has 3 aromatic rings. The van der Waals surface area contributed by atoms with E-state index in [-0.39, 0.29) is 41.1 Å². The van der Waals surface area contributed by atoms with E-state index in [2.05, 4.69) is 26.2 Å². The third-order valence-corrected chi connectivity index (χ3v) is 9.74. The predicted octanol–water partition coefficient (Wildman–Crippen LogP) is 4.86. The molecule has 1 saturated heterocycles. The number of aromatic nitrogens is 1. The van der Waals surface area contributed by atoms with Crippen LogP contribution in [-0.4, -0.2) is 92.6 Å². The van der Waals surface area contributed by atoms with Crippen LogP contribution in [0.2, 0.25) is 0 Å². The highest BCUT2D eigenvalue weighted by atomic mass is 79.9. The molecule has 244 valence electrons. The standard InChI is InChI=1S/C32H35BrN4O9/c1-32(30(40)45-5)28(38)23-22-17(14-33)15-37(19(22)13-20(25(23)35-32)46-31(41)36-9-7-6-8-10-36)29(39)18-11-16-12-21(42-2)26(43-3)27(44-4)24(16)34-18/h11-13,17,34-35H,6-10,14-15H2,1-5H3/t17-,32-/m1/s1. The molecule has 0 aliphatic carbocycles. The molecule has 0 spiro atoms. The summed E-state index contributed by atoms with van der Waals surface area (Å²) in [5.74, 6) is -0.782. The zero-order chi connectivity index (χ0) is 32.9. The van der Waals surface area contributed by atoms with Gasteiger partial charge in [0.15, 0.2) is 22.8 Å². The molecule has 0 bridgehead atoms. The van der Waals surface area contributed by atoms with E-state index >= 15 is 0 Å². The van der Waals surface area contributed by atoms with Gasteiger partial charge in [0.1, 0.15) is 5.69 Å². The fourth-order valence-corrected chi connectivity index (χ4v) is 7.14. The van der Waals surface area contributed by atoms with E-state index in [1.165, 1.54) is 35.4 Å². The summed E-state index contributed by atoms with van der Waals surface area (Å²) in [5, 5.41) is 4.08. The minimum absolute atomic E-state index is 0.0473. The summed E-state index contributed by atoms with van der Waals surface area (Å²) in [7, 11) is 5.71. The van der Waals surface area contributed by atoms with Crippen LogP contribution >= 0.6 is 15.9 Å². The molecule has 0 radical (unpaired) electrons. The van der Waals surface area contributed by atoms with E-state index in [1.807, 2.05) is 0 Å².